The van der Waals surface area contributed by atoms with E-state index in [9.17, 15) is 8.42 Å². The Labute approximate surface area is 99.6 Å². The Kier molecular flexibility index (Phi) is 3.06. The highest BCUT2D eigenvalue weighted by atomic mass is 35.5. The molecular weight excluding hydrogens is 248 g/mol. The topological polar surface area (TPSA) is 43.4 Å². The van der Waals surface area contributed by atoms with Gasteiger partial charge in [-0.1, -0.05) is 17.7 Å². The predicted octanol–water partition coefficient (Wildman–Crippen LogP) is 2.50. The molecule has 0 unspecified atom stereocenters. The molecule has 2 rings (SSSR count). The summed E-state index contributed by atoms with van der Waals surface area (Å²) in [5.41, 5.74) is 0.680. The number of halogens is 1. The fraction of sp³-hybridized carbons (Fsp3) is 0.273. The molecule has 16 heavy (non-hydrogen) atoms. The summed E-state index contributed by atoms with van der Waals surface area (Å²) in [5.74, 6) is 0. The van der Waals surface area contributed by atoms with E-state index in [1.165, 1.54) is 6.07 Å². The first kappa shape index (κ1) is 11.6. The Morgan fingerprint density at radius 3 is 2.81 bits per heavy atom. The zero-order chi connectivity index (χ0) is 11.8. The first-order valence-corrected chi connectivity index (χ1v) is 6.75. The maximum Gasteiger partial charge on any atom is 0.205 e. The summed E-state index contributed by atoms with van der Waals surface area (Å²) < 4.78 is 29.2. The highest BCUT2D eigenvalue weighted by Gasteiger charge is 2.29. The van der Waals surface area contributed by atoms with Crippen LogP contribution in [0.15, 0.2) is 28.0 Å². The third kappa shape index (κ3) is 1.88. The molecule has 5 heteroatoms. The third-order valence-corrected chi connectivity index (χ3v) is 4.47. The number of ether oxygens (including phenoxy) is 1. The maximum atomic E-state index is 12.0. The van der Waals surface area contributed by atoms with Gasteiger partial charge in [0.15, 0.2) is 0 Å². The van der Waals surface area contributed by atoms with E-state index < -0.39 is 9.84 Å². The van der Waals surface area contributed by atoms with Crippen LogP contribution in [0.3, 0.4) is 0 Å². The third-order valence-electron chi connectivity index (χ3n) is 2.38. The van der Waals surface area contributed by atoms with Crippen LogP contribution in [0.2, 0.25) is 5.02 Å². The van der Waals surface area contributed by atoms with Crippen LogP contribution < -0.4 is 0 Å². The van der Waals surface area contributed by atoms with E-state index >= 15 is 0 Å². The summed E-state index contributed by atoms with van der Waals surface area (Å²) in [6.07, 6.45) is 1.64. The summed E-state index contributed by atoms with van der Waals surface area (Å²) in [6.45, 7) is 2.43. The monoisotopic (exact) mass is 258 g/mol. The molecule has 0 amide bonds. The van der Waals surface area contributed by atoms with Gasteiger partial charge in [-0.3, -0.25) is 0 Å². The Hall–Kier alpha value is -0.840. The number of hydrogen-bond donors (Lipinski definition) is 0. The summed E-state index contributed by atoms with van der Waals surface area (Å²) >= 11 is 5.78. The quantitative estimate of drug-likeness (QED) is 0.837. The fourth-order valence-corrected chi connectivity index (χ4v) is 3.33. The van der Waals surface area contributed by atoms with Crippen molar-refractivity contribution < 1.29 is 13.2 Å². The Balaban J connectivity index is 2.44. The first-order valence-electron chi connectivity index (χ1n) is 4.88. The van der Waals surface area contributed by atoms with Crippen LogP contribution in [0.4, 0.5) is 0 Å². The Bertz CT molecular complexity index is 546. The van der Waals surface area contributed by atoms with Crippen LogP contribution in [-0.4, -0.2) is 21.6 Å². The van der Waals surface area contributed by atoms with Crippen molar-refractivity contribution in [3.63, 3.8) is 0 Å². The molecule has 0 atom stereocenters. The van der Waals surface area contributed by atoms with E-state index in [0.717, 1.165) is 0 Å². The average Bonchev–Trinajstić information content (AvgIpc) is 2.48. The van der Waals surface area contributed by atoms with Gasteiger partial charge in [-0.15, -0.1) is 0 Å². The van der Waals surface area contributed by atoms with Crippen molar-refractivity contribution in [2.75, 3.05) is 13.2 Å². The number of fused-ring (bicyclic) bond motifs is 1. The predicted molar refractivity (Wildman–Crippen MR) is 63.1 cm³/mol. The lowest BCUT2D eigenvalue weighted by Crippen LogP contribution is -2.06. The van der Waals surface area contributed by atoms with E-state index in [1.807, 2.05) is 6.92 Å². The summed E-state index contributed by atoms with van der Waals surface area (Å²) in [4.78, 5) is 0.571. The summed E-state index contributed by atoms with van der Waals surface area (Å²) in [5, 5.41) is 0.424. The minimum Gasteiger partial charge on any atom is -0.376 e. The van der Waals surface area contributed by atoms with E-state index in [4.69, 9.17) is 16.3 Å². The van der Waals surface area contributed by atoms with E-state index in [-0.39, 0.29) is 11.5 Å². The molecule has 86 valence electrons. The van der Waals surface area contributed by atoms with Gasteiger partial charge >= 0.3 is 0 Å². The summed E-state index contributed by atoms with van der Waals surface area (Å²) in [7, 11) is -3.39. The molecule has 0 bridgehead atoms. The van der Waals surface area contributed by atoms with Crippen molar-refractivity contribution in [2.24, 2.45) is 0 Å². The number of rotatable bonds is 3. The first-order chi connectivity index (χ1) is 7.55. The molecule has 0 saturated heterocycles. The van der Waals surface area contributed by atoms with Crippen molar-refractivity contribution >= 4 is 27.5 Å². The molecule has 3 nitrogen and oxygen atoms in total. The highest BCUT2D eigenvalue weighted by Crippen LogP contribution is 2.34. The molecule has 1 aromatic rings. The zero-order valence-electron chi connectivity index (χ0n) is 8.73. The second kappa shape index (κ2) is 4.20. The van der Waals surface area contributed by atoms with Crippen LogP contribution >= 0.6 is 11.6 Å². The van der Waals surface area contributed by atoms with E-state index in [1.54, 1.807) is 18.2 Å². The van der Waals surface area contributed by atoms with Gasteiger partial charge in [0, 0.05) is 11.6 Å². The minimum atomic E-state index is -3.39. The SMILES string of the molecule is CCOCC1=Cc2ccc(Cl)cc2S1(=O)=O. The fourth-order valence-electron chi connectivity index (χ4n) is 1.57. The van der Waals surface area contributed by atoms with Gasteiger partial charge in [0.05, 0.1) is 16.4 Å². The van der Waals surface area contributed by atoms with Crippen molar-refractivity contribution in [1.82, 2.24) is 0 Å². The Morgan fingerprint density at radius 2 is 2.12 bits per heavy atom. The van der Waals surface area contributed by atoms with Crippen LogP contribution in [0.1, 0.15) is 12.5 Å². The number of sulfone groups is 1. The molecule has 1 aliphatic rings. The van der Waals surface area contributed by atoms with E-state index in [2.05, 4.69) is 0 Å². The normalized spacial score (nSPS) is 17.0. The van der Waals surface area contributed by atoms with Crippen molar-refractivity contribution in [3.8, 4) is 0 Å². The molecule has 0 fully saturated rings. The molecule has 0 aliphatic carbocycles. The van der Waals surface area contributed by atoms with Gasteiger partial charge in [0.25, 0.3) is 0 Å². The van der Waals surface area contributed by atoms with Gasteiger partial charge in [0.1, 0.15) is 0 Å². The van der Waals surface area contributed by atoms with Crippen molar-refractivity contribution in [1.29, 1.82) is 0 Å². The van der Waals surface area contributed by atoms with Crippen LogP contribution in [-0.2, 0) is 14.6 Å². The molecule has 0 radical (unpaired) electrons. The lowest BCUT2D eigenvalue weighted by atomic mass is 10.2. The Morgan fingerprint density at radius 1 is 1.38 bits per heavy atom. The van der Waals surface area contributed by atoms with Gasteiger partial charge in [-0.25, -0.2) is 8.42 Å². The minimum absolute atomic E-state index is 0.116. The van der Waals surface area contributed by atoms with E-state index in [0.29, 0.717) is 22.1 Å². The second-order valence-corrected chi connectivity index (χ2v) is 5.84. The van der Waals surface area contributed by atoms with Gasteiger partial charge < -0.3 is 4.74 Å². The molecule has 1 aromatic carbocycles. The van der Waals surface area contributed by atoms with Crippen molar-refractivity contribution in [3.05, 3.63) is 33.7 Å². The van der Waals surface area contributed by atoms with Crippen molar-refractivity contribution in [2.45, 2.75) is 11.8 Å². The largest absolute Gasteiger partial charge is 0.376 e. The molecule has 0 spiro atoms. The standard InChI is InChI=1S/C11H11ClO3S/c1-2-15-7-10-5-8-3-4-9(12)6-11(8)16(10,13)14/h3-6H,2,7H2,1H3. The smallest absolute Gasteiger partial charge is 0.205 e. The average molecular weight is 259 g/mol. The summed E-state index contributed by atoms with van der Waals surface area (Å²) in [6, 6.07) is 4.85. The van der Waals surface area contributed by atoms with Crippen LogP contribution in [0.5, 0.6) is 0 Å². The lowest BCUT2D eigenvalue weighted by Gasteiger charge is -2.03. The maximum absolute atomic E-state index is 12.0. The zero-order valence-corrected chi connectivity index (χ0v) is 10.3. The van der Waals surface area contributed by atoms with Gasteiger partial charge in [-0.05, 0) is 30.7 Å². The highest BCUT2D eigenvalue weighted by molar-refractivity contribution is 7.95. The van der Waals surface area contributed by atoms with Gasteiger partial charge in [0.2, 0.25) is 9.84 Å². The van der Waals surface area contributed by atoms with Gasteiger partial charge in [-0.2, -0.15) is 0 Å². The van der Waals surface area contributed by atoms with Crippen LogP contribution in [0.25, 0.3) is 6.08 Å². The molecule has 0 saturated carbocycles. The molecule has 0 N–H and O–H groups in total. The lowest BCUT2D eigenvalue weighted by molar-refractivity contribution is 0.175. The second-order valence-electron chi connectivity index (χ2n) is 3.43. The molecular formula is C11H11ClO3S. The molecule has 1 aliphatic heterocycles. The molecule has 0 aromatic heterocycles. The number of benzene rings is 1. The molecule has 1 heterocycles. The van der Waals surface area contributed by atoms with Crippen LogP contribution in [0, 0.1) is 0 Å². The number of hydrogen-bond acceptors (Lipinski definition) is 3.